The molecule has 0 aromatic heterocycles. The van der Waals surface area contributed by atoms with Crippen molar-refractivity contribution in [2.45, 2.75) is 61.7 Å². The van der Waals surface area contributed by atoms with Gasteiger partial charge in [-0.25, -0.2) is 5.43 Å². The Morgan fingerprint density at radius 3 is 2.42 bits per heavy atom. The maximum atomic E-state index is 13.9. The van der Waals surface area contributed by atoms with E-state index >= 15 is 0 Å². The number of nitrogens with one attached hydrogen (secondary N) is 1. The van der Waals surface area contributed by atoms with Gasteiger partial charge in [-0.3, -0.25) is 4.99 Å². The summed E-state index contributed by atoms with van der Waals surface area (Å²) in [7, 11) is 0. The fourth-order valence-electron chi connectivity index (χ4n) is 6.15. The number of hydrazine groups is 1. The first-order chi connectivity index (χ1) is 18.4. The third-order valence-electron chi connectivity index (χ3n) is 8.14. The highest BCUT2D eigenvalue weighted by atomic mass is 32.2. The zero-order chi connectivity index (χ0) is 26.5. The summed E-state index contributed by atoms with van der Waals surface area (Å²) >= 11 is 1.31. The zero-order valence-electron chi connectivity index (χ0n) is 22.0. The van der Waals surface area contributed by atoms with Gasteiger partial charge in [-0.05, 0) is 75.6 Å². The maximum Gasteiger partial charge on any atom is 0.417 e. The molecule has 4 heterocycles. The lowest BCUT2D eigenvalue weighted by molar-refractivity contribution is -0.139. The number of aliphatic hydroxyl groups excluding tert-OH is 1. The number of thioether (sulfide) groups is 1. The third-order valence-corrected chi connectivity index (χ3v) is 9.17. The summed E-state index contributed by atoms with van der Waals surface area (Å²) in [5.41, 5.74) is 4.83. The van der Waals surface area contributed by atoms with Crippen LogP contribution >= 0.6 is 11.8 Å². The summed E-state index contributed by atoms with van der Waals surface area (Å²) in [5, 5.41) is 12.9. The first-order valence-electron chi connectivity index (χ1n) is 14.1. The number of alkyl halides is 3. The summed E-state index contributed by atoms with van der Waals surface area (Å²) in [6.45, 7) is 6.56. The van der Waals surface area contributed by atoms with E-state index in [9.17, 15) is 18.3 Å². The van der Waals surface area contributed by atoms with Crippen LogP contribution in [0.5, 0.6) is 0 Å². The second-order valence-corrected chi connectivity index (χ2v) is 12.1. The molecular formula is C28H40F3N5OS. The Kier molecular flexibility index (Phi) is 9.36. The van der Waals surface area contributed by atoms with Gasteiger partial charge in [0.1, 0.15) is 0 Å². The van der Waals surface area contributed by atoms with Gasteiger partial charge in [0.15, 0.2) is 0 Å². The number of aliphatic imine (C=N–C) groups is 1. The maximum absolute atomic E-state index is 13.9. The molecule has 210 valence electrons. The first-order valence-corrected chi connectivity index (χ1v) is 15.1. The van der Waals surface area contributed by atoms with E-state index in [-0.39, 0.29) is 12.0 Å². The molecule has 4 aliphatic heterocycles. The zero-order valence-corrected chi connectivity index (χ0v) is 22.8. The van der Waals surface area contributed by atoms with Crippen molar-refractivity contribution in [2.75, 3.05) is 58.1 Å². The number of fused-ring (bicyclic) bond motifs is 1. The van der Waals surface area contributed by atoms with Crippen LogP contribution in [-0.4, -0.2) is 90.3 Å². The normalized spacial score (nSPS) is 25.9. The molecule has 6 nitrogen and oxygen atoms in total. The number of rotatable bonds is 9. The van der Waals surface area contributed by atoms with Crippen molar-refractivity contribution in [2.24, 2.45) is 10.9 Å². The molecule has 0 aliphatic carbocycles. The predicted octanol–water partition coefficient (Wildman–Crippen LogP) is 4.58. The molecule has 4 aliphatic rings. The first kappa shape index (κ1) is 28.0. The molecule has 3 fully saturated rings. The average Bonchev–Trinajstić information content (AvgIpc) is 3.27. The molecule has 0 radical (unpaired) electrons. The average molecular weight is 552 g/mol. The van der Waals surface area contributed by atoms with Crippen molar-refractivity contribution < 1.29 is 18.3 Å². The van der Waals surface area contributed by atoms with E-state index in [1.807, 2.05) is 11.1 Å². The standard InChI is InChI=1S/C28H40F3N5OS/c29-28(30,31)24-8-7-21(17-26(24)38-16-15-34-11-3-1-4-12-34)27-23-18-32-10-9-25(23)36(33-27)20-22(37)19-35-13-5-2-6-14-35/h7-10,17,22-23,27,33,37H,1-6,11-16,18-20H2. The van der Waals surface area contributed by atoms with Crippen LogP contribution in [0.1, 0.15) is 55.7 Å². The molecule has 38 heavy (non-hydrogen) atoms. The van der Waals surface area contributed by atoms with Gasteiger partial charge in [-0.2, -0.15) is 13.2 Å². The molecule has 0 spiro atoms. The van der Waals surface area contributed by atoms with Gasteiger partial charge >= 0.3 is 6.18 Å². The van der Waals surface area contributed by atoms with Crippen molar-refractivity contribution in [3.05, 3.63) is 41.1 Å². The molecular weight excluding hydrogens is 511 g/mol. The van der Waals surface area contributed by atoms with Crippen LogP contribution in [0.15, 0.2) is 39.9 Å². The SMILES string of the molecule is OC(CN1CCCCC1)CN1NC(c2ccc(C(F)(F)F)c(SCCN3CCCCC3)c2)C2CN=CC=C21. The number of allylic oxidation sites excluding steroid dienone is 1. The quantitative estimate of drug-likeness (QED) is 0.439. The number of likely N-dealkylation sites (tertiary alicyclic amines) is 2. The smallest absolute Gasteiger partial charge is 0.390 e. The van der Waals surface area contributed by atoms with Gasteiger partial charge in [0.05, 0.1) is 24.3 Å². The number of benzene rings is 1. The van der Waals surface area contributed by atoms with E-state index in [1.165, 1.54) is 56.4 Å². The van der Waals surface area contributed by atoms with Crippen LogP contribution in [0.25, 0.3) is 0 Å². The molecule has 2 N–H and O–H groups in total. The summed E-state index contributed by atoms with van der Waals surface area (Å²) < 4.78 is 41.7. The number of dihydropyridines is 1. The van der Waals surface area contributed by atoms with Crippen LogP contribution in [0.4, 0.5) is 13.2 Å². The molecule has 1 aromatic carbocycles. The molecule has 3 unspecified atom stereocenters. The topological polar surface area (TPSA) is 54.3 Å². The highest BCUT2D eigenvalue weighted by Gasteiger charge is 2.40. The Bertz CT molecular complexity index is 991. The lowest BCUT2D eigenvalue weighted by atomic mass is 9.91. The number of piperidine rings is 2. The Hall–Kier alpha value is -1.59. The van der Waals surface area contributed by atoms with Crippen LogP contribution in [0.3, 0.4) is 0 Å². The second kappa shape index (κ2) is 12.7. The minimum atomic E-state index is -4.39. The number of β-amino-alcohol motifs (C(OH)–C–C–N with tert-alkyl or cyclic N) is 1. The van der Waals surface area contributed by atoms with Crippen molar-refractivity contribution in [1.82, 2.24) is 20.2 Å². The summed E-state index contributed by atoms with van der Waals surface area (Å²) in [4.78, 5) is 9.42. The number of halogens is 3. The van der Waals surface area contributed by atoms with Crippen LogP contribution in [0, 0.1) is 5.92 Å². The molecule has 1 aromatic rings. The van der Waals surface area contributed by atoms with Gasteiger partial charge < -0.3 is 19.9 Å². The van der Waals surface area contributed by atoms with Gasteiger partial charge in [-0.1, -0.05) is 18.9 Å². The fraction of sp³-hybridized carbons (Fsp3) is 0.679. The lowest BCUT2D eigenvalue weighted by Crippen LogP contribution is -2.44. The van der Waals surface area contributed by atoms with Gasteiger partial charge in [0.2, 0.25) is 0 Å². The molecule has 0 saturated carbocycles. The minimum absolute atomic E-state index is 0.0186. The highest BCUT2D eigenvalue weighted by Crippen LogP contribution is 2.42. The Balaban J connectivity index is 1.29. The summed E-state index contributed by atoms with van der Waals surface area (Å²) in [6, 6.07) is 4.39. The lowest BCUT2D eigenvalue weighted by Gasteiger charge is -2.31. The summed E-state index contributed by atoms with van der Waals surface area (Å²) in [6.07, 6.45) is 6.02. The molecule has 3 atom stereocenters. The van der Waals surface area contributed by atoms with Crippen molar-refractivity contribution in [1.29, 1.82) is 0 Å². The van der Waals surface area contributed by atoms with E-state index < -0.39 is 17.8 Å². The molecule has 0 bridgehead atoms. The molecule has 0 amide bonds. The fourth-order valence-corrected chi connectivity index (χ4v) is 7.27. The predicted molar refractivity (Wildman–Crippen MR) is 146 cm³/mol. The minimum Gasteiger partial charge on any atom is -0.390 e. The highest BCUT2D eigenvalue weighted by molar-refractivity contribution is 7.99. The van der Waals surface area contributed by atoms with Gasteiger partial charge in [0.25, 0.3) is 0 Å². The van der Waals surface area contributed by atoms with Crippen LogP contribution in [0.2, 0.25) is 0 Å². The Morgan fingerprint density at radius 1 is 1.00 bits per heavy atom. The van der Waals surface area contributed by atoms with Crippen molar-refractivity contribution >= 4 is 18.0 Å². The number of nitrogens with zero attached hydrogens (tertiary/aromatic N) is 4. The second-order valence-electron chi connectivity index (χ2n) is 10.9. The van der Waals surface area contributed by atoms with Crippen molar-refractivity contribution in [3.63, 3.8) is 0 Å². The van der Waals surface area contributed by atoms with E-state index in [0.717, 1.165) is 44.0 Å². The van der Waals surface area contributed by atoms with Crippen molar-refractivity contribution in [3.8, 4) is 0 Å². The molecule has 10 heteroatoms. The van der Waals surface area contributed by atoms with E-state index in [1.54, 1.807) is 18.3 Å². The van der Waals surface area contributed by atoms with E-state index in [0.29, 0.717) is 30.3 Å². The van der Waals surface area contributed by atoms with E-state index in [2.05, 4.69) is 20.2 Å². The molecule has 3 saturated heterocycles. The Morgan fingerprint density at radius 2 is 1.71 bits per heavy atom. The monoisotopic (exact) mass is 551 g/mol. The van der Waals surface area contributed by atoms with Gasteiger partial charge in [0, 0.05) is 48.1 Å². The third kappa shape index (κ3) is 6.94. The van der Waals surface area contributed by atoms with Crippen LogP contribution in [-0.2, 0) is 6.18 Å². The van der Waals surface area contributed by atoms with E-state index in [4.69, 9.17) is 0 Å². The molecule has 5 rings (SSSR count). The largest absolute Gasteiger partial charge is 0.417 e. The van der Waals surface area contributed by atoms with Crippen LogP contribution < -0.4 is 5.43 Å². The Labute approximate surface area is 228 Å². The number of hydrogen-bond donors (Lipinski definition) is 2. The summed E-state index contributed by atoms with van der Waals surface area (Å²) in [5.74, 6) is 0.656. The number of hydrogen-bond acceptors (Lipinski definition) is 7. The number of aliphatic hydroxyl groups is 1. The van der Waals surface area contributed by atoms with Gasteiger partial charge in [-0.15, -0.1) is 11.8 Å².